The SMILES string of the molecule is CCN(C(=O)C(S)Cc1ccccc1)c1ccccc1F. The number of thiol groups is 1. The van der Waals surface area contributed by atoms with Crippen LogP contribution in [0.1, 0.15) is 12.5 Å². The Kier molecular flexibility index (Phi) is 5.39. The largest absolute Gasteiger partial charge is 0.309 e. The molecule has 0 bridgehead atoms. The van der Waals surface area contributed by atoms with Crippen molar-refractivity contribution in [3.63, 3.8) is 0 Å². The van der Waals surface area contributed by atoms with Crippen LogP contribution in [0.15, 0.2) is 54.6 Å². The van der Waals surface area contributed by atoms with Crippen LogP contribution < -0.4 is 4.90 Å². The molecule has 0 aliphatic carbocycles. The second-order valence-corrected chi connectivity index (χ2v) is 5.36. The lowest BCUT2D eigenvalue weighted by Gasteiger charge is -2.24. The summed E-state index contributed by atoms with van der Waals surface area (Å²) in [6.07, 6.45) is 0.522. The zero-order valence-electron chi connectivity index (χ0n) is 11.9. The topological polar surface area (TPSA) is 20.3 Å². The highest BCUT2D eigenvalue weighted by Gasteiger charge is 2.23. The van der Waals surface area contributed by atoms with E-state index in [4.69, 9.17) is 0 Å². The number of hydrogen-bond acceptors (Lipinski definition) is 2. The van der Waals surface area contributed by atoms with E-state index in [0.29, 0.717) is 18.7 Å². The van der Waals surface area contributed by atoms with E-state index in [1.165, 1.54) is 11.0 Å². The van der Waals surface area contributed by atoms with E-state index in [1.807, 2.05) is 37.3 Å². The van der Waals surface area contributed by atoms with Crippen LogP contribution in [0, 0.1) is 5.82 Å². The highest BCUT2D eigenvalue weighted by atomic mass is 32.1. The van der Waals surface area contributed by atoms with Crippen molar-refractivity contribution in [1.29, 1.82) is 0 Å². The Balaban J connectivity index is 2.15. The number of carbonyl (C=O) groups excluding carboxylic acids is 1. The molecule has 110 valence electrons. The van der Waals surface area contributed by atoms with Crippen molar-refractivity contribution in [1.82, 2.24) is 0 Å². The fraction of sp³-hybridized carbons (Fsp3) is 0.235. The van der Waals surface area contributed by atoms with Gasteiger partial charge in [-0.3, -0.25) is 4.79 Å². The number of nitrogens with zero attached hydrogens (tertiary/aromatic N) is 1. The monoisotopic (exact) mass is 303 g/mol. The lowest BCUT2D eigenvalue weighted by molar-refractivity contribution is -0.118. The fourth-order valence-electron chi connectivity index (χ4n) is 2.22. The molecule has 0 fully saturated rings. The van der Waals surface area contributed by atoms with Gasteiger partial charge in [-0.15, -0.1) is 0 Å². The first-order chi connectivity index (χ1) is 10.1. The molecule has 0 saturated heterocycles. The Morgan fingerprint density at radius 1 is 1.14 bits per heavy atom. The van der Waals surface area contributed by atoms with Gasteiger partial charge in [0.15, 0.2) is 0 Å². The smallest absolute Gasteiger partial charge is 0.240 e. The minimum Gasteiger partial charge on any atom is -0.309 e. The van der Waals surface area contributed by atoms with Gasteiger partial charge in [0.25, 0.3) is 0 Å². The molecule has 1 unspecified atom stereocenters. The zero-order chi connectivity index (χ0) is 15.2. The molecule has 2 aromatic rings. The zero-order valence-corrected chi connectivity index (χ0v) is 12.8. The summed E-state index contributed by atoms with van der Waals surface area (Å²) in [7, 11) is 0. The molecule has 0 spiro atoms. The van der Waals surface area contributed by atoms with E-state index < -0.39 is 11.1 Å². The van der Waals surface area contributed by atoms with Crippen LogP contribution >= 0.6 is 12.6 Å². The van der Waals surface area contributed by atoms with E-state index in [2.05, 4.69) is 12.6 Å². The van der Waals surface area contributed by atoms with E-state index in [0.717, 1.165) is 5.56 Å². The van der Waals surface area contributed by atoms with Crippen LogP contribution in [0.2, 0.25) is 0 Å². The predicted octanol–water partition coefficient (Wildman–Crippen LogP) is 3.72. The van der Waals surface area contributed by atoms with Gasteiger partial charge in [0.05, 0.1) is 10.9 Å². The van der Waals surface area contributed by atoms with Crippen LogP contribution in [-0.2, 0) is 11.2 Å². The summed E-state index contributed by atoms with van der Waals surface area (Å²) < 4.78 is 13.9. The van der Waals surface area contributed by atoms with Crippen molar-refractivity contribution >= 4 is 24.2 Å². The third-order valence-corrected chi connectivity index (χ3v) is 3.69. The predicted molar refractivity (Wildman–Crippen MR) is 87.3 cm³/mol. The normalized spacial score (nSPS) is 12.0. The standard InChI is InChI=1S/C17H18FNOS/c1-2-19(15-11-7-6-10-14(15)18)17(20)16(21)12-13-8-4-3-5-9-13/h3-11,16,21H,2,12H2,1H3. The highest BCUT2D eigenvalue weighted by Crippen LogP contribution is 2.21. The summed E-state index contributed by atoms with van der Waals surface area (Å²) in [5, 5.41) is -0.494. The van der Waals surface area contributed by atoms with Gasteiger partial charge in [0.2, 0.25) is 5.91 Å². The maximum absolute atomic E-state index is 13.9. The van der Waals surface area contributed by atoms with Crippen molar-refractivity contribution in [3.05, 3.63) is 66.0 Å². The molecular formula is C17H18FNOS. The number of rotatable bonds is 5. The first kappa shape index (κ1) is 15.6. The van der Waals surface area contributed by atoms with Gasteiger partial charge >= 0.3 is 0 Å². The number of benzene rings is 2. The average Bonchev–Trinajstić information content (AvgIpc) is 2.50. The quantitative estimate of drug-likeness (QED) is 0.835. The van der Waals surface area contributed by atoms with Crippen LogP contribution in [0.4, 0.5) is 10.1 Å². The maximum atomic E-state index is 13.9. The third kappa shape index (κ3) is 3.85. The van der Waals surface area contributed by atoms with Crippen LogP contribution in [0.5, 0.6) is 0 Å². The Morgan fingerprint density at radius 2 is 1.76 bits per heavy atom. The molecule has 0 radical (unpaired) electrons. The summed E-state index contributed by atoms with van der Waals surface area (Å²) in [4.78, 5) is 14.0. The van der Waals surface area contributed by atoms with Crippen LogP contribution in [0.3, 0.4) is 0 Å². The number of para-hydroxylation sites is 1. The molecule has 2 nitrogen and oxygen atoms in total. The molecule has 1 atom stereocenters. The molecule has 0 aliphatic heterocycles. The van der Waals surface area contributed by atoms with Gasteiger partial charge in [-0.1, -0.05) is 42.5 Å². The molecule has 0 aromatic heterocycles. The highest BCUT2D eigenvalue weighted by molar-refractivity contribution is 7.81. The Hall–Kier alpha value is -1.81. The van der Waals surface area contributed by atoms with E-state index >= 15 is 0 Å². The van der Waals surface area contributed by atoms with Crippen molar-refractivity contribution in [2.24, 2.45) is 0 Å². The summed E-state index contributed by atoms with van der Waals surface area (Å²) >= 11 is 4.40. The Labute approximate surface area is 130 Å². The third-order valence-electron chi connectivity index (χ3n) is 3.28. The van der Waals surface area contributed by atoms with Gasteiger partial charge in [-0.05, 0) is 31.0 Å². The Morgan fingerprint density at radius 3 is 2.38 bits per heavy atom. The van der Waals surface area contributed by atoms with Gasteiger partial charge < -0.3 is 4.90 Å². The molecule has 0 saturated carbocycles. The average molecular weight is 303 g/mol. The molecule has 0 aliphatic rings. The number of amides is 1. The molecule has 2 aromatic carbocycles. The van der Waals surface area contributed by atoms with Crippen molar-refractivity contribution in [3.8, 4) is 0 Å². The van der Waals surface area contributed by atoms with Crippen LogP contribution in [-0.4, -0.2) is 17.7 Å². The van der Waals surface area contributed by atoms with E-state index in [1.54, 1.807) is 18.2 Å². The second kappa shape index (κ2) is 7.27. The van der Waals surface area contributed by atoms with E-state index in [-0.39, 0.29) is 5.91 Å². The first-order valence-corrected chi connectivity index (χ1v) is 7.43. The summed E-state index contributed by atoms with van der Waals surface area (Å²) in [5.41, 5.74) is 1.34. The lowest BCUT2D eigenvalue weighted by atomic mass is 10.1. The molecule has 0 N–H and O–H groups in total. The van der Waals surface area contributed by atoms with Crippen molar-refractivity contribution in [2.75, 3.05) is 11.4 Å². The number of anilines is 1. The fourth-order valence-corrected chi connectivity index (χ4v) is 2.57. The van der Waals surface area contributed by atoms with E-state index in [9.17, 15) is 9.18 Å². The lowest BCUT2D eigenvalue weighted by Crippen LogP contribution is -2.38. The van der Waals surface area contributed by atoms with Gasteiger partial charge in [0.1, 0.15) is 5.82 Å². The number of halogens is 1. The van der Waals surface area contributed by atoms with Gasteiger partial charge in [-0.2, -0.15) is 12.6 Å². The second-order valence-electron chi connectivity index (χ2n) is 4.74. The molecule has 2 rings (SSSR count). The Bertz CT molecular complexity index is 603. The van der Waals surface area contributed by atoms with Gasteiger partial charge in [0, 0.05) is 6.54 Å². The summed E-state index contributed by atoms with van der Waals surface area (Å²) in [6.45, 7) is 2.24. The first-order valence-electron chi connectivity index (χ1n) is 6.91. The molecular weight excluding hydrogens is 285 g/mol. The van der Waals surface area contributed by atoms with Gasteiger partial charge in [-0.25, -0.2) is 4.39 Å². The summed E-state index contributed by atoms with van der Waals surface area (Å²) in [6, 6.07) is 16.0. The minimum atomic E-state index is -0.494. The molecule has 0 heterocycles. The van der Waals surface area contributed by atoms with Crippen LogP contribution in [0.25, 0.3) is 0 Å². The number of carbonyl (C=O) groups is 1. The molecule has 21 heavy (non-hydrogen) atoms. The minimum absolute atomic E-state index is 0.185. The maximum Gasteiger partial charge on any atom is 0.240 e. The van der Waals surface area contributed by atoms with Crippen molar-refractivity contribution in [2.45, 2.75) is 18.6 Å². The number of hydrogen-bond donors (Lipinski definition) is 1. The summed E-state index contributed by atoms with van der Waals surface area (Å²) in [5.74, 6) is -0.581. The molecule has 1 amide bonds. The molecule has 4 heteroatoms. The van der Waals surface area contributed by atoms with Crippen molar-refractivity contribution < 1.29 is 9.18 Å².